The molecule has 3 saturated carbocycles. The van der Waals surface area contributed by atoms with Crippen LogP contribution in [0.25, 0.3) is 10.8 Å². The van der Waals surface area contributed by atoms with E-state index in [0.717, 1.165) is 30.2 Å². The van der Waals surface area contributed by atoms with E-state index in [1.165, 1.54) is 4.90 Å². The lowest BCUT2D eigenvalue weighted by Gasteiger charge is -2.30. The highest BCUT2D eigenvalue weighted by Gasteiger charge is 2.62. The standard InChI is InChI=1S/C39H51N5O10S/c1-6-25-21-39(25,36(48)43-55(50,51)29-12-13-29)42-33(46)32-20-28(53-34-30-14-11-27(52-5)19-24(30)16-17-40-34)22-44(32)35(47)31(41-37(49)54-38(2,3)4)15-10-26(45)18-23-8-7-9-23/h11,14,16-19,25,28-29,31-32H,6-10,12-13,15,20-22H2,1-5H3,(H,41,49)(H,42,46)(H,43,48)/t25-,28-,31+,32+,39-/m1/s1. The molecule has 2 heterocycles. The quantitative estimate of drug-likeness (QED) is 0.222. The van der Waals surface area contributed by atoms with E-state index in [9.17, 15) is 32.4 Å². The number of rotatable bonds is 15. The van der Waals surface area contributed by atoms with Gasteiger partial charge in [-0.3, -0.25) is 23.9 Å². The first-order valence-electron chi connectivity index (χ1n) is 19.0. The molecular weight excluding hydrogens is 731 g/mol. The molecule has 4 fully saturated rings. The van der Waals surface area contributed by atoms with Gasteiger partial charge in [0.05, 0.1) is 18.9 Å². The van der Waals surface area contributed by atoms with Crippen LogP contribution in [-0.2, 0) is 33.9 Å². The predicted molar refractivity (Wildman–Crippen MR) is 202 cm³/mol. The lowest BCUT2D eigenvalue weighted by Crippen LogP contribution is -2.58. The van der Waals surface area contributed by atoms with Crippen molar-refractivity contribution < 1.29 is 46.6 Å². The van der Waals surface area contributed by atoms with E-state index < -0.39 is 68.4 Å². The summed E-state index contributed by atoms with van der Waals surface area (Å²) in [4.78, 5) is 74.1. The van der Waals surface area contributed by atoms with Crippen LogP contribution in [0.1, 0.15) is 91.9 Å². The number of benzene rings is 1. The Labute approximate surface area is 321 Å². The van der Waals surface area contributed by atoms with E-state index in [0.29, 0.717) is 30.4 Å². The second kappa shape index (κ2) is 15.8. The van der Waals surface area contributed by atoms with Crippen LogP contribution in [-0.4, -0.2) is 96.1 Å². The fourth-order valence-corrected chi connectivity index (χ4v) is 8.56. The SMILES string of the molecule is CC[C@@H]1C[C@]1(NC(=O)[C@@H]1C[C@@H](Oc2nccc3cc(OC)ccc23)CN1C(=O)[C@H](CCC(=O)C=C1CCC1)NC(=O)OC(C)(C)C)C(=O)NS(=O)(=O)C1CC1. The topological polar surface area (TPSA) is 199 Å². The molecule has 1 aromatic carbocycles. The summed E-state index contributed by atoms with van der Waals surface area (Å²) in [6, 6.07) is 4.75. The number of allylic oxidation sites excluding steroid dienone is 2. The van der Waals surface area contributed by atoms with Crippen LogP contribution in [0.5, 0.6) is 11.6 Å². The number of methoxy groups -OCH3 is 1. The van der Waals surface area contributed by atoms with E-state index in [4.69, 9.17) is 14.2 Å². The second-order valence-corrected chi connectivity index (χ2v) is 18.0. The molecule has 5 atom stereocenters. The van der Waals surface area contributed by atoms with Gasteiger partial charge in [-0.25, -0.2) is 18.2 Å². The van der Waals surface area contributed by atoms with Gasteiger partial charge in [-0.15, -0.1) is 0 Å². The van der Waals surface area contributed by atoms with Crippen LogP contribution in [0.15, 0.2) is 42.1 Å². The van der Waals surface area contributed by atoms with Crippen molar-refractivity contribution in [1.29, 1.82) is 0 Å². The highest BCUT2D eigenvalue weighted by Crippen LogP contribution is 2.47. The Kier molecular flexibility index (Phi) is 11.5. The van der Waals surface area contributed by atoms with Crippen molar-refractivity contribution in [3.8, 4) is 11.6 Å². The number of likely N-dealkylation sites (tertiary alicyclic amines) is 1. The molecule has 298 valence electrons. The number of fused-ring (bicyclic) bond motifs is 1. The average Bonchev–Trinajstić information content (AvgIpc) is 4.04. The highest BCUT2D eigenvalue weighted by atomic mass is 32.2. The van der Waals surface area contributed by atoms with Crippen molar-refractivity contribution in [2.45, 2.75) is 126 Å². The average molecular weight is 782 g/mol. The molecule has 1 saturated heterocycles. The molecular formula is C39H51N5O10S. The number of nitrogens with one attached hydrogen (secondary N) is 3. The third-order valence-electron chi connectivity index (χ3n) is 10.6. The molecule has 0 radical (unpaired) electrons. The number of ether oxygens (including phenoxy) is 3. The highest BCUT2D eigenvalue weighted by molar-refractivity contribution is 7.91. The number of alkyl carbamates (subject to hydrolysis) is 1. The maximum atomic E-state index is 14.6. The number of nitrogens with zero attached hydrogens (tertiary/aromatic N) is 2. The summed E-state index contributed by atoms with van der Waals surface area (Å²) in [6.07, 6.45) is 5.79. The second-order valence-electron chi connectivity index (χ2n) is 16.0. The number of hydrogen-bond donors (Lipinski definition) is 3. The van der Waals surface area contributed by atoms with Gasteiger partial charge in [0.1, 0.15) is 35.1 Å². The van der Waals surface area contributed by atoms with E-state index in [2.05, 4.69) is 20.3 Å². The Hall–Kier alpha value is -4.73. The molecule has 1 aliphatic heterocycles. The van der Waals surface area contributed by atoms with Crippen LogP contribution < -0.4 is 24.8 Å². The van der Waals surface area contributed by atoms with Crippen molar-refractivity contribution in [2.75, 3.05) is 13.7 Å². The van der Waals surface area contributed by atoms with Gasteiger partial charge in [0, 0.05) is 24.4 Å². The van der Waals surface area contributed by atoms with Crippen LogP contribution >= 0.6 is 0 Å². The first kappa shape index (κ1) is 39.9. The maximum absolute atomic E-state index is 14.6. The molecule has 4 amide bonds. The fourth-order valence-electron chi connectivity index (χ4n) is 7.20. The smallest absolute Gasteiger partial charge is 0.408 e. The Bertz CT molecular complexity index is 1990. The zero-order chi connectivity index (χ0) is 39.7. The zero-order valence-electron chi connectivity index (χ0n) is 32.0. The number of carbonyl (C=O) groups excluding carboxylic acids is 5. The number of pyridine rings is 1. The molecule has 6 rings (SSSR count). The van der Waals surface area contributed by atoms with Gasteiger partial charge in [0.2, 0.25) is 27.7 Å². The summed E-state index contributed by atoms with van der Waals surface area (Å²) in [5, 5.41) is 6.29. The molecule has 1 aromatic heterocycles. The molecule has 0 bridgehead atoms. The van der Waals surface area contributed by atoms with E-state index in [1.807, 2.05) is 13.0 Å². The van der Waals surface area contributed by atoms with Crippen molar-refractivity contribution in [2.24, 2.45) is 5.92 Å². The number of sulfonamides is 1. The number of carbonyl (C=O) groups is 5. The van der Waals surface area contributed by atoms with Gasteiger partial charge in [0.25, 0.3) is 5.91 Å². The molecule has 0 spiro atoms. The number of hydrogen-bond acceptors (Lipinski definition) is 11. The van der Waals surface area contributed by atoms with Crippen molar-refractivity contribution in [3.05, 3.63) is 42.1 Å². The van der Waals surface area contributed by atoms with E-state index >= 15 is 0 Å². The normalized spacial score (nSPS) is 23.9. The third kappa shape index (κ3) is 9.39. The summed E-state index contributed by atoms with van der Waals surface area (Å²) in [5.74, 6) is -1.71. The molecule has 15 nitrogen and oxygen atoms in total. The van der Waals surface area contributed by atoms with E-state index in [1.54, 1.807) is 58.4 Å². The first-order chi connectivity index (χ1) is 26.0. The summed E-state index contributed by atoms with van der Waals surface area (Å²) in [5.41, 5.74) is -1.32. The Morgan fingerprint density at radius 2 is 1.85 bits per heavy atom. The van der Waals surface area contributed by atoms with Gasteiger partial charge in [-0.2, -0.15) is 0 Å². The fraction of sp³-hybridized carbons (Fsp3) is 0.590. The number of ketones is 1. The largest absolute Gasteiger partial charge is 0.497 e. The summed E-state index contributed by atoms with van der Waals surface area (Å²) in [7, 11) is -2.33. The maximum Gasteiger partial charge on any atom is 0.408 e. The Balaban J connectivity index is 1.28. The van der Waals surface area contributed by atoms with Crippen LogP contribution in [0, 0.1) is 5.92 Å². The molecule has 4 aliphatic rings. The summed E-state index contributed by atoms with van der Waals surface area (Å²) in [6.45, 7) is 6.80. The summed E-state index contributed by atoms with van der Waals surface area (Å²) < 4.78 is 44.9. The predicted octanol–water partition coefficient (Wildman–Crippen LogP) is 3.84. The third-order valence-corrected chi connectivity index (χ3v) is 12.5. The first-order valence-corrected chi connectivity index (χ1v) is 20.6. The van der Waals surface area contributed by atoms with Crippen molar-refractivity contribution in [1.82, 2.24) is 25.2 Å². The Morgan fingerprint density at radius 3 is 2.47 bits per heavy atom. The number of aromatic nitrogens is 1. The number of amides is 4. The molecule has 3 N–H and O–H groups in total. The van der Waals surface area contributed by atoms with Gasteiger partial charge in [-0.05, 0) is 107 Å². The molecule has 3 aliphatic carbocycles. The molecule has 2 aromatic rings. The van der Waals surface area contributed by atoms with Gasteiger partial charge >= 0.3 is 6.09 Å². The molecule has 55 heavy (non-hydrogen) atoms. The zero-order valence-corrected chi connectivity index (χ0v) is 32.8. The lowest BCUT2D eigenvalue weighted by molar-refractivity contribution is -0.141. The minimum Gasteiger partial charge on any atom is -0.497 e. The summed E-state index contributed by atoms with van der Waals surface area (Å²) >= 11 is 0. The Morgan fingerprint density at radius 1 is 1.11 bits per heavy atom. The van der Waals surface area contributed by atoms with Crippen molar-refractivity contribution >= 4 is 50.4 Å². The minimum absolute atomic E-state index is 0.00908. The minimum atomic E-state index is -3.90. The van der Waals surface area contributed by atoms with Gasteiger partial charge in [-0.1, -0.05) is 18.9 Å². The molecule has 16 heteroatoms. The van der Waals surface area contributed by atoms with Crippen LogP contribution in [0.4, 0.5) is 4.79 Å². The van der Waals surface area contributed by atoms with Crippen molar-refractivity contribution in [3.63, 3.8) is 0 Å². The van der Waals surface area contributed by atoms with Crippen LogP contribution in [0.3, 0.4) is 0 Å². The van der Waals surface area contributed by atoms with E-state index in [-0.39, 0.29) is 49.8 Å². The lowest BCUT2D eigenvalue weighted by atomic mass is 9.91. The molecule has 0 unspecified atom stereocenters. The van der Waals surface area contributed by atoms with Gasteiger partial charge < -0.3 is 29.7 Å². The van der Waals surface area contributed by atoms with Gasteiger partial charge in [0.15, 0.2) is 5.78 Å². The monoisotopic (exact) mass is 781 g/mol. The van der Waals surface area contributed by atoms with Crippen LogP contribution in [0.2, 0.25) is 0 Å².